The molecule has 0 radical (unpaired) electrons. The smallest absolute Gasteiger partial charge is 0.255 e. The fourth-order valence-electron chi connectivity index (χ4n) is 7.38. The van der Waals surface area contributed by atoms with Gasteiger partial charge in [-0.3, -0.25) is 4.79 Å². The summed E-state index contributed by atoms with van der Waals surface area (Å²) in [5.41, 5.74) is 2.95. The largest absolute Gasteiger partial charge is 0.467 e. The number of carbonyl (C=O) groups is 1. The number of ether oxygens (including phenoxy) is 3. The van der Waals surface area contributed by atoms with E-state index in [1.165, 1.54) is 44.1 Å². The summed E-state index contributed by atoms with van der Waals surface area (Å²) in [6, 6.07) is 19.9. The summed E-state index contributed by atoms with van der Waals surface area (Å²) in [7, 11) is 1.63. The van der Waals surface area contributed by atoms with Crippen molar-refractivity contribution in [3.8, 4) is 5.75 Å². The van der Waals surface area contributed by atoms with Crippen molar-refractivity contribution in [3.05, 3.63) is 71.8 Å². The molecule has 3 aromatic carbocycles. The molecule has 1 unspecified atom stereocenters. The molecule has 5 nitrogen and oxygen atoms in total. The minimum absolute atomic E-state index is 0.0966. The fraction of sp³-hybridized carbons (Fsp3) is 0.452. The summed E-state index contributed by atoms with van der Waals surface area (Å²) >= 11 is 0. The topological polar surface area (TPSA) is 56.8 Å². The molecule has 188 valence electrons. The van der Waals surface area contributed by atoms with Crippen LogP contribution in [0.5, 0.6) is 5.75 Å². The van der Waals surface area contributed by atoms with E-state index in [0.29, 0.717) is 5.56 Å². The van der Waals surface area contributed by atoms with Gasteiger partial charge in [0.15, 0.2) is 13.1 Å². The molecule has 4 aliphatic rings. The minimum Gasteiger partial charge on any atom is -0.467 e. The maximum absolute atomic E-state index is 12.7. The van der Waals surface area contributed by atoms with E-state index in [9.17, 15) is 4.79 Å². The molecule has 5 heteroatoms. The van der Waals surface area contributed by atoms with Crippen molar-refractivity contribution < 1.29 is 19.0 Å². The third-order valence-corrected chi connectivity index (χ3v) is 8.69. The third-order valence-electron chi connectivity index (χ3n) is 8.69. The average molecular weight is 486 g/mol. The first-order valence-electron chi connectivity index (χ1n) is 13.2. The standard InChI is InChI=1S/C31H35NO4/c1-20(34-2)35-19-36-29-15-25-8-9-27(32-30(33)24-6-4-3-5-7-24)13-26(25)14-28(29)31-16-21-10-22(17-31)12-23(11-21)18-31/h3-9,13-15,20-23H,10-12,16-19H2,1-2H3,(H,32,33). The van der Waals surface area contributed by atoms with Gasteiger partial charge in [0.05, 0.1) is 0 Å². The first kappa shape index (κ1) is 23.5. The summed E-state index contributed by atoms with van der Waals surface area (Å²) in [5.74, 6) is 3.33. The normalized spacial score (nSPS) is 27.2. The molecule has 1 N–H and O–H groups in total. The molecule has 0 aromatic heterocycles. The molecule has 7 rings (SSSR count). The van der Waals surface area contributed by atoms with Gasteiger partial charge in [-0.2, -0.15) is 0 Å². The second kappa shape index (κ2) is 9.53. The molecule has 4 fully saturated rings. The lowest BCUT2D eigenvalue weighted by Gasteiger charge is -2.57. The number of rotatable bonds is 8. The molecule has 1 amide bonds. The first-order valence-corrected chi connectivity index (χ1v) is 13.2. The van der Waals surface area contributed by atoms with E-state index in [2.05, 4.69) is 29.6 Å². The number of amides is 1. The van der Waals surface area contributed by atoms with Gasteiger partial charge >= 0.3 is 0 Å². The zero-order chi connectivity index (χ0) is 24.7. The third kappa shape index (κ3) is 4.51. The van der Waals surface area contributed by atoms with Crippen LogP contribution in [0.15, 0.2) is 60.7 Å². The highest BCUT2D eigenvalue weighted by molar-refractivity contribution is 6.05. The number of fused-ring (bicyclic) bond motifs is 1. The van der Waals surface area contributed by atoms with Crippen LogP contribution in [0.3, 0.4) is 0 Å². The van der Waals surface area contributed by atoms with E-state index < -0.39 is 0 Å². The maximum atomic E-state index is 12.7. The number of nitrogens with one attached hydrogen (secondary N) is 1. The van der Waals surface area contributed by atoms with Crippen LogP contribution in [0, 0.1) is 17.8 Å². The average Bonchev–Trinajstić information content (AvgIpc) is 2.88. The Morgan fingerprint density at radius 1 is 0.944 bits per heavy atom. The molecule has 0 aliphatic heterocycles. The molecule has 0 saturated heterocycles. The number of methoxy groups -OCH3 is 1. The lowest BCUT2D eigenvalue weighted by atomic mass is 9.48. The molecule has 36 heavy (non-hydrogen) atoms. The molecule has 4 aliphatic carbocycles. The summed E-state index contributed by atoms with van der Waals surface area (Å²) in [4.78, 5) is 12.7. The molecular weight excluding hydrogens is 450 g/mol. The fourth-order valence-corrected chi connectivity index (χ4v) is 7.38. The van der Waals surface area contributed by atoms with Crippen LogP contribution in [0.4, 0.5) is 5.69 Å². The van der Waals surface area contributed by atoms with Crippen molar-refractivity contribution in [2.45, 2.75) is 57.2 Å². The molecule has 4 bridgehead atoms. The zero-order valence-electron chi connectivity index (χ0n) is 21.2. The van der Waals surface area contributed by atoms with Crippen molar-refractivity contribution in [2.75, 3.05) is 19.2 Å². The molecule has 0 spiro atoms. The van der Waals surface area contributed by atoms with E-state index in [0.717, 1.165) is 40.0 Å². The van der Waals surface area contributed by atoms with Crippen LogP contribution in [-0.2, 0) is 14.9 Å². The highest BCUT2D eigenvalue weighted by Crippen LogP contribution is 2.62. The minimum atomic E-state index is -0.316. The number of anilines is 1. The lowest BCUT2D eigenvalue weighted by Crippen LogP contribution is -2.48. The van der Waals surface area contributed by atoms with Crippen molar-refractivity contribution in [3.63, 3.8) is 0 Å². The van der Waals surface area contributed by atoms with Crippen molar-refractivity contribution in [2.24, 2.45) is 17.8 Å². The molecule has 3 aromatic rings. The van der Waals surface area contributed by atoms with Crippen molar-refractivity contribution in [1.82, 2.24) is 0 Å². The van der Waals surface area contributed by atoms with E-state index in [1.807, 2.05) is 43.3 Å². The number of carbonyl (C=O) groups excluding carboxylic acids is 1. The lowest BCUT2D eigenvalue weighted by molar-refractivity contribution is -0.150. The van der Waals surface area contributed by atoms with Crippen molar-refractivity contribution >= 4 is 22.4 Å². The van der Waals surface area contributed by atoms with E-state index in [1.54, 1.807) is 7.11 Å². The van der Waals surface area contributed by atoms with Crippen molar-refractivity contribution in [1.29, 1.82) is 0 Å². The first-order chi connectivity index (χ1) is 17.5. The number of hydrogen-bond donors (Lipinski definition) is 1. The van der Waals surface area contributed by atoms with Gasteiger partial charge < -0.3 is 19.5 Å². The van der Waals surface area contributed by atoms with Crippen LogP contribution >= 0.6 is 0 Å². The SMILES string of the molecule is COC(C)OCOc1cc2ccc(NC(=O)c3ccccc3)cc2cc1C12CC3CC(CC(C3)C1)C2. The monoisotopic (exact) mass is 485 g/mol. The van der Waals surface area contributed by atoms with Gasteiger partial charge in [0.2, 0.25) is 0 Å². The molecule has 4 saturated carbocycles. The van der Waals surface area contributed by atoms with Crippen LogP contribution in [-0.4, -0.2) is 26.1 Å². The molecule has 0 heterocycles. The van der Waals surface area contributed by atoms with Gasteiger partial charge in [-0.05, 0) is 116 Å². The quantitative estimate of drug-likeness (QED) is 0.352. The van der Waals surface area contributed by atoms with Crippen LogP contribution < -0.4 is 10.1 Å². The summed E-state index contributed by atoms with van der Waals surface area (Å²) < 4.78 is 17.2. The molecular formula is C31H35NO4. The Morgan fingerprint density at radius 2 is 1.64 bits per heavy atom. The predicted molar refractivity (Wildman–Crippen MR) is 141 cm³/mol. The predicted octanol–water partition coefficient (Wildman–Crippen LogP) is 6.91. The summed E-state index contributed by atoms with van der Waals surface area (Å²) in [6.45, 7) is 2.03. The van der Waals surface area contributed by atoms with Gasteiger partial charge in [0.1, 0.15) is 5.75 Å². The Hall–Kier alpha value is -2.89. The van der Waals surface area contributed by atoms with Crippen LogP contribution in [0.1, 0.15) is 61.4 Å². The van der Waals surface area contributed by atoms with Gasteiger partial charge in [0, 0.05) is 23.9 Å². The van der Waals surface area contributed by atoms with Gasteiger partial charge in [-0.25, -0.2) is 0 Å². The summed E-state index contributed by atoms with van der Waals surface area (Å²) in [5, 5.41) is 5.29. The summed E-state index contributed by atoms with van der Waals surface area (Å²) in [6.07, 6.45) is 7.62. The second-order valence-electron chi connectivity index (χ2n) is 11.2. The number of hydrogen-bond acceptors (Lipinski definition) is 4. The Morgan fingerprint density at radius 3 is 2.31 bits per heavy atom. The Bertz CT molecular complexity index is 1220. The zero-order valence-corrected chi connectivity index (χ0v) is 21.2. The van der Waals surface area contributed by atoms with E-state index in [4.69, 9.17) is 14.2 Å². The van der Waals surface area contributed by atoms with Crippen LogP contribution in [0.2, 0.25) is 0 Å². The van der Waals surface area contributed by atoms with E-state index >= 15 is 0 Å². The highest BCUT2D eigenvalue weighted by Gasteiger charge is 2.52. The van der Waals surface area contributed by atoms with Gasteiger partial charge in [-0.1, -0.05) is 24.3 Å². The highest BCUT2D eigenvalue weighted by atomic mass is 16.7. The maximum Gasteiger partial charge on any atom is 0.255 e. The van der Waals surface area contributed by atoms with Gasteiger partial charge in [0.25, 0.3) is 5.91 Å². The Kier molecular flexibility index (Phi) is 6.22. The number of benzene rings is 3. The van der Waals surface area contributed by atoms with Crippen LogP contribution in [0.25, 0.3) is 10.8 Å². The van der Waals surface area contributed by atoms with Gasteiger partial charge in [-0.15, -0.1) is 0 Å². The second-order valence-corrected chi connectivity index (χ2v) is 11.2. The Balaban J connectivity index is 1.35. The molecule has 1 atom stereocenters. The Labute approximate surface area is 213 Å². The van der Waals surface area contributed by atoms with E-state index in [-0.39, 0.29) is 24.4 Å².